The standard InChI is InChI=1S/C57H35N3O/c1-2-14-37(15-3-1)52-35-41(34-40-17-5-7-20-44(40)52)45-32-33-50(47-22-9-8-21-46(45)47)56-58-55(39-30-28-38(29-31-39)43-24-12-18-36-16-4-6-19-42(36)43)59-57(60-56)51-26-13-25-49-48-23-10-11-27-53(48)61-54(49)51/h1-35H. The van der Waals surface area contributed by atoms with Crippen LogP contribution in [0.3, 0.4) is 0 Å². The van der Waals surface area contributed by atoms with Crippen molar-refractivity contribution >= 4 is 54.3 Å². The Hall–Kier alpha value is -8.21. The van der Waals surface area contributed by atoms with Crippen molar-refractivity contribution in [3.63, 3.8) is 0 Å². The molecule has 0 aliphatic rings. The van der Waals surface area contributed by atoms with E-state index in [1.807, 2.05) is 24.3 Å². The predicted molar refractivity (Wildman–Crippen MR) is 252 cm³/mol. The second-order valence-electron chi connectivity index (χ2n) is 15.5. The summed E-state index contributed by atoms with van der Waals surface area (Å²) in [6.45, 7) is 0. The Morgan fingerprint density at radius 3 is 1.57 bits per heavy atom. The number of rotatable bonds is 6. The minimum absolute atomic E-state index is 0.554. The van der Waals surface area contributed by atoms with Gasteiger partial charge >= 0.3 is 0 Å². The van der Waals surface area contributed by atoms with Crippen molar-refractivity contribution in [2.45, 2.75) is 0 Å². The quantitative estimate of drug-likeness (QED) is 0.169. The van der Waals surface area contributed by atoms with Crippen LogP contribution in [-0.4, -0.2) is 15.0 Å². The smallest absolute Gasteiger partial charge is 0.167 e. The molecule has 284 valence electrons. The lowest BCUT2D eigenvalue weighted by Gasteiger charge is -2.15. The Morgan fingerprint density at radius 2 is 0.770 bits per heavy atom. The number of benzene rings is 10. The summed E-state index contributed by atoms with van der Waals surface area (Å²) in [5.41, 5.74) is 11.2. The topological polar surface area (TPSA) is 51.8 Å². The van der Waals surface area contributed by atoms with E-state index in [1.165, 1.54) is 38.2 Å². The number of fused-ring (bicyclic) bond motifs is 6. The van der Waals surface area contributed by atoms with Gasteiger partial charge < -0.3 is 4.42 Å². The summed E-state index contributed by atoms with van der Waals surface area (Å²) in [5.74, 6) is 1.74. The molecule has 4 heteroatoms. The minimum Gasteiger partial charge on any atom is -0.455 e. The van der Waals surface area contributed by atoms with E-state index in [-0.39, 0.29) is 0 Å². The average molecular weight is 778 g/mol. The molecule has 10 aromatic carbocycles. The number of aromatic nitrogens is 3. The first-order chi connectivity index (χ1) is 30.2. The normalized spacial score (nSPS) is 11.6. The lowest BCUT2D eigenvalue weighted by Crippen LogP contribution is -2.01. The molecule has 4 nitrogen and oxygen atoms in total. The summed E-state index contributed by atoms with van der Waals surface area (Å²) in [5, 5.41) is 9.13. The molecule has 0 amide bonds. The van der Waals surface area contributed by atoms with Gasteiger partial charge in [-0.2, -0.15) is 0 Å². The van der Waals surface area contributed by atoms with E-state index < -0.39 is 0 Å². The van der Waals surface area contributed by atoms with Gasteiger partial charge in [-0.15, -0.1) is 0 Å². The fourth-order valence-corrected chi connectivity index (χ4v) is 9.01. The molecule has 2 heterocycles. The summed E-state index contributed by atoms with van der Waals surface area (Å²) in [6, 6.07) is 74.8. The van der Waals surface area contributed by atoms with Crippen molar-refractivity contribution in [2.75, 3.05) is 0 Å². The molecule has 0 spiro atoms. The van der Waals surface area contributed by atoms with Crippen LogP contribution in [0.4, 0.5) is 0 Å². The van der Waals surface area contributed by atoms with Crippen molar-refractivity contribution in [2.24, 2.45) is 0 Å². The van der Waals surface area contributed by atoms with Crippen molar-refractivity contribution in [3.05, 3.63) is 212 Å². The van der Waals surface area contributed by atoms with E-state index in [2.05, 4.69) is 188 Å². The first-order valence-corrected chi connectivity index (χ1v) is 20.6. The monoisotopic (exact) mass is 777 g/mol. The molecule has 12 aromatic rings. The Balaban J connectivity index is 1.05. The third-order valence-electron chi connectivity index (χ3n) is 11.9. The SMILES string of the molecule is c1ccc(-c2cc(-c3ccc(-c4nc(-c5ccc(-c6cccc7ccccc67)cc5)nc(-c5cccc6c5oc5ccccc56)n4)c4ccccc34)cc3ccccc23)cc1. The van der Waals surface area contributed by atoms with E-state index in [1.54, 1.807) is 0 Å². The summed E-state index contributed by atoms with van der Waals surface area (Å²) in [4.78, 5) is 15.8. The zero-order valence-electron chi connectivity index (χ0n) is 33.0. The van der Waals surface area contributed by atoms with Crippen LogP contribution in [0.1, 0.15) is 0 Å². The van der Waals surface area contributed by atoms with Crippen molar-refractivity contribution in [3.8, 4) is 67.5 Å². The van der Waals surface area contributed by atoms with Crippen molar-refractivity contribution < 1.29 is 4.42 Å². The molecule has 0 radical (unpaired) electrons. The van der Waals surface area contributed by atoms with Gasteiger partial charge in [-0.05, 0) is 96.0 Å². The molecule has 12 rings (SSSR count). The van der Waals surface area contributed by atoms with Gasteiger partial charge in [0.15, 0.2) is 17.5 Å². The minimum atomic E-state index is 0.554. The maximum atomic E-state index is 6.54. The van der Waals surface area contributed by atoms with Crippen LogP contribution in [-0.2, 0) is 0 Å². The third kappa shape index (κ3) is 5.96. The van der Waals surface area contributed by atoms with Crippen molar-refractivity contribution in [1.29, 1.82) is 0 Å². The Morgan fingerprint density at radius 1 is 0.262 bits per heavy atom. The molecular weight excluding hydrogens is 743 g/mol. The van der Waals surface area contributed by atoms with Crippen molar-refractivity contribution in [1.82, 2.24) is 15.0 Å². The highest BCUT2D eigenvalue weighted by Crippen LogP contribution is 2.41. The van der Waals surface area contributed by atoms with Gasteiger partial charge in [0, 0.05) is 21.9 Å². The average Bonchev–Trinajstić information content (AvgIpc) is 3.72. The summed E-state index contributed by atoms with van der Waals surface area (Å²) >= 11 is 0. The molecule has 0 saturated carbocycles. The zero-order chi connectivity index (χ0) is 40.3. The molecular formula is C57H35N3O. The molecule has 0 N–H and O–H groups in total. The Labute approximate surface area is 352 Å². The first-order valence-electron chi connectivity index (χ1n) is 20.6. The van der Waals surface area contributed by atoms with Gasteiger partial charge in [0.1, 0.15) is 11.2 Å². The summed E-state index contributed by atoms with van der Waals surface area (Å²) in [6.07, 6.45) is 0. The van der Waals surface area contributed by atoms with Crippen LogP contribution in [0, 0.1) is 0 Å². The number of hydrogen-bond acceptors (Lipinski definition) is 4. The number of nitrogens with zero attached hydrogens (tertiary/aromatic N) is 3. The molecule has 0 fully saturated rings. The van der Waals surface area contributed by atoms with Gasteiger partial charge in [0.05, 0.1) is 5.56 Å². The van der Waals surface area contributed by atoms with Gasteiger partial charge in [-0.1, -0.05) is 182 Å². The fourth-order valence-electron chi connectivity index (χ4n) is 9.01. The second-order valence-corrected chi connectivity index (χ2v) is 15.5. The number of hydrogen-bond donors (Lipinski definition) is 0. The van der Waals surface area contributed by atoms with E-state index >= 15 is 0 Å². The van der Waals surface area contributed by atoms with E-state index in [0.717, 1.165) is 66.1 Å². The summed E-state index contributed by atoms with van der Waals surface area (Å²) in [7, 11) is 0. The highest BCUT2D eigenvalue weighted by molar-refractivity contribution is 6.10. The van der Waals surface area contributed by atoms with Crippen LogP contribution in [0.25, 0.3) is 122 Å². The van der Waals surface area contributed by atoms with Crippen LogP contribution in [0.15, 0.2) is 217 Å². The van der Waals surface area contributed by atoms with Crippen LogP contribution < -0.4 is 0 Å². The van der Waals surface area contributed by atoms with Gasteiger partial charge in [-0.25, -0.2) is 15.0 Å². The summed E-state index contributed by atoms with van der Waals surface area (Å²) < 4.78 is 6.54. The molecule has 61 heavy (non-hydrogen) atoms. The lowest BCUT2D eigenvalue weighted by atomic mass is 9.90. The maximum absolute atomic E-state index is 6.54. The van der Waals surface area contributed by atoms with Gasteiger partial charge in [0.2, 0.25) is 0 Å². The Kier molecular flexibility index (Phi) is 8.13. The number of furan rings is 1. The molecule has 0 unspecified atom stereocenters. The maximum Gasteiger partial charge on any atom is 0.167 e. The van der Waals surface area contributed by atoms with Crippen LogP contribution in [0.2, 0.25) is 0 Å². The van der Waals surface area contributed by atoms with E-state index in [4.69, 9.17) is 19.4 Å². The molecule has 0 saturated heterocycles. The molecule has 0 bridgehead atoms. The molecule has 0 aliphatic carbocycles. The van der Waals surface area contributed by atoms with Gasteiger partial charge in [0.25, 0.3) is 0 Å². The number of para-hydroxylation sites is 2. The highest BCUT2D eigenvalue weighted by Gasteiger charge is 2.20. The first kappa shape index (κ1) is 34.8. The predicted octanol–water partition coefficient (Wildman–Crippen LogP) is 15.2. The largest absolute Gasteiger partial charge is 0.455 e. The second kappa shape index (κ2) is 14.3. The third-order valence-corrected chi connectivity index (χ3v) is 11.9. The fraction of sp³-hybridized carbons (Fsp3) is 0. The lowest BCUT2D eigenvalue weighted by molar-refractivity contribution is 0.669. The molecule has 2 aromatic heterocycles. The van der Waals surface area contributed by atoms with Crippen LogP contribution >= 0.6 is 0 Å². The molecule has 0 aliphatic heterocycles. The van der Waals surface area contributed by atoms with Gasteiger partial charge in [-0.3, -0.25) is 0 Å². The van der Waals surface area contributed by atoms with Crippen LogP contribution in [0.5, 0.6) is 0 Å². The van der Waals surface area contributed by atoms with E-state index in [9.17, 15) is 0 Å². The highest BCUT2D eigenvalue weighted by atomic mass is 16.3. The zero-order valence-corrected chi connectivity index (χ0v) is 33.0. The molecule has 0 atom stereocenters. The Bertz CT molecular complexity index is 3640. The van der Waals surface area contributed by atoms with E-state index in [0.29, 0.717) is 17.5 Å².